The van der Waals surface area contributed by atoms with Gasteiger partial charge in [-0.25, -0.2) is 0 Å². The lowest BCUT2D eigenvalue weighted by Crippen LogP contribution is -2.16. The molecule has 0 aliphatic rings. The summed E-state index contributed by atoms with van der Waals surface area (Å²) in [5, 5.41) is 1.41. The molecule has 266 valence electrons. The van der Waals surface area contributed by atoms with E-state index >= 15 is 0 Å². The van der Waals surface area contributed by atoms with Crippen molar-refractivity contribution in [3.8, 4) is 0 Å². The zero-order valence-corrected chi connectivity index (χ0v) is 32.5. The molecule has 0 saturated heterocycles. The molecular weight excluding hydrogens is 670 g/mol. The van der Waals surface area contributed by atoms with Gasteiger partial charge in [-0.05, 0) is 125 Å². The maximum absolute atomic E-state index is 4.86. The highest BCUT2D eigenvalue weighted by Gasteiger charge is 2.21. The molecule has 0 aliphatic carbocycles. The summed E-state index contributed by atoms with van der Waals surface area (Å²) in [5.41, 5.74) is 16.1. The molecule has 1 nitrogen and oxygen atoms in total. The molecule has 0 bridgehead atoms. The van der Waals surface area contributed by atoms with Gasteiger partial charge in [-0.3, -0.25) is 0 Å². The standard InChI is InChI=1S/C52H48NP/c1-38-20-14-18-30-50(38)53(49-28-12-7-13-29-49)41(4)47-35-46(40(3)32-44-26-16-17-27-45(44)33-42-22-8-5-9-23-42)36-48(37-47)52(34-43-24-10-6-11-25-43)54-51-31-19-15-21-39(51)2/h5-32,35-37,52,54H,4,33-34H2,1-3H3/b40-32+. The van der Waals surface area contributed by atoms with Gasteiger partial charge < -0.3 is 4.90 Å². The summed E-state index contributed by atoms with van der Waals surface area (Å²) in [6.07, 6.45) is 4.21. The maximum Gasteiger partial charge on any atom is 0.0490 e. The van der Waals surface area contributed by atoms with Crippen LogP contribution < -0.4 is 10.2 Å². The van der Waals surface area contributed by atoms with E-state index in [1.807, 2.05) is 0 Å². The Morgan fingerprint density at radius 1 is 0.611 bits per heavy atom. The van der Waals surface area contributed by atoms with E-state index in [2.05, 4.69) is 214 Å². The number of benzene rings is 7. The Morgan fingerprint density at radius 3 is 1.89 bits per heavy atom. The molecule has 0 fully saturated rings. The molecule has 2 atom stereocenters. The molecule has 7 aromatic carbocycles. The van der Waals surface area contributed by atoms with E-state index < -0.39 is 0 Å². The van der Waals surface area contributed by atoms with Gasteiger partial charge in [0, 0.05) is 22.7 Å². The zero-order chi connectivity index (χ0) is 37.3. The van der Waals surface area contributed by atoms with E-state index in [4.69, 9.17) is 6.58 Å². The summed E-state index contributed by atoms with van der Waals surface area (Å²) in [7, 11) is 0.608. The minimum absolute atomic E-state index is 0.279. The van der Waals surface area contributed by atoms with Crippen molar-refractivity contribution in [1.29, 1.82) is 0 Å². The lowest BCUT2D eigenvalue weighted by Gasteiger charge is -2.30. The van der Waals surface area contributed by atoms with Crippen LogP contribution in [0, 0.1) is 13.8 Å². The Morgan fingerprint density at radius 2 is 1.19 bits per heavy atom. The lowest BCUT2D eigenvalue weighted by atomic mass is 9.93. The molecule has 2 unspecified atom stereocenters. The predicted octanol–water partition coefficient (Wildman–Crippen LogP) is 13.6. The Balaban J connectivity index is 1.38. The van der Waals surface area contributed by atoms with Crippen LogP contribution in [0.1, 0.15) is 62.7 Å². The van der Waals surface area contributed by atoms with Crippen LogP contribution in [0.3, 0.4) is 0 Å². The van der Waals surface area contributed by atoms with Crippen LogP contribution >= 0.6 is 8.58 Å². The van der Waals surface area contributed by atoms with Crippen LogP contribution in [-0.2, 0) is 12.8 Å². The van der Waals surface area contributed by atoms with Gasteiger partial charge >= 0.3 is 0 Å². The Labute approximate surface area is 324 Å². The summed E-state index contributed by atoms with van der Waals surface area (Å²) in [4.78, 5) is 2.32. The predicted molar refractivity (Wildman–Crippen MR) is 236 cm³/mol. The van der Waals surface area contributed by atoms with Crippen LogP contribution in [0.5, 0.6) is 0 Å². The van der Waals surface area contributed by atoms with Gasteiger partial charge in [-0.2, -0.15) is 0 Å². The lowest BCUT2D eigenvalue weighted by molar-refractivity contribution is 0.927. The fourth-order valence-corrected chi connectivity index (χ4v) is 8.75. The van der Waals surface area contributed by atoms with Crippen molar-refractivity contribution in [2.45, 2.75) is 39.3 Å². The third-order valence-electron chi connectivity index (χ3n) is 10.2. The first-order valence-electron chi connectivity index (χ1n) is 18.8. The molecule has 0 aliphatic heterocycles. The van der Waals surface area contributed by atoms with Crippen molar-refractivity contribution >= 4 is 42.6 Å². The molecule has 0 saturated carbocycles. The second-order valence-electron chi connectivity index (χ2n) is 14.1. The summed E-state index contributed by atoms with van der Waals surface area (Å²) >= 11 is 0. The third-order valence-corrected chi connectivity index (χ3v) is 12.0. The van der Waals surface area contributed by atoms with Crippen molar-refractivity contribution in [3.05, 3.63) is 239 Å². The minimum atomic E-state index is 0.279. The van der Waals surface area contributed by atoms with Crippen molar-refractivity contribution in [2.24, 2.45) is 0 Å². The normalized spacial score (nSPS) is 12.2. The van der Waals surface area contributed by atoms with Crippen molar-refractivity contribution in [2.75, 3.05) is 4.90 Å². The van der Waals surface area contributed by atoms with E-state index in [-0.39, 0.29) is 5.66 Å². The number of allylic oxidation sites excluding steroid dienone is 1. The van der Waals surface area contributed by atoms with Gasteiger partial charge in [-0.15, -0.1) is 0 Å². The molecular formula is C52H48NP. The summed E-state index contributed by atoms with van der Waals surface area (Å²) < 4.78 is 0. The zero-order valence-electron chi connectivity index (χ0n) is 31.5. The number of nitrogens with zero attached hydrogens (tertiary/aromatic N) is 1. The van der Waals surface area contributed by atoms with Gasteiger partial charge in [0.1, 0.15) is 0 Å². The molecule has 0 radical (unpaired) electrons. The van der Waals surface area contributed by atoms with E-state index in [0.29, 0.717) is 8.58 Å². The van der Waals surface area contributed by atoms with E-state index in [9.17, 15) is 0 Å². The van der Waals surface area contributed by atoms with E-state index in [0.717, 1.165) is 35.5 Å². The Hall–Kier alpha value is -5.75. The molecule has 54 heavy (non-hydrogen) atoms. The summed E-state index contributed by atoms with van der Waals surface area (Å²) in [6, 6.07) is 65.8. The number of hydrogen-bond acceptors (Lipinski definition) is 1. The van der Waals surface area contributed by atoms with E-state index in [1.165, 1.54) is 55.4 Å². The fourth-order valence-electron chi connectivity index (χ4n) is 7.20. The van der Waals surface area contributed by atoms with Crippen molar-refractivity contribution in [3.63, 3.8) is 0 Å². The number of anilines is 2. The Kier molecular flexibility index (Phi) is 11.8. The highest BCUT2D eigenvalue weighted by Crippen LogP contribution is 2.42. The molecule has 0 amide bonds. The van der Waals surface area contributed by atoms with Crippen LogP contribution in [-0.4, -0.2) is 0 Å². The fraction of sp³-hybridized carbons (Fsp3) is 0.115. The third kappa shape index (κ3) is 8.88. The van der Waals surface area contributed by atoms with Crippen LogP contribution in [0.15, 0.2) is 189 Å². The van der Waals surface area contributed by atoms with Gasteiger partial charge in [0.05, 0.1) is 0 Å². The van der Waals surface area contributed by atoms with Crippen LogP contribution in [0.25, 0.3) is 17.3 Å². The first-order valence-corrected chi connectivity index (χ1v) is 19.9. The number of aryl methyl sites for hydroxylation is 2. The molecule has 7 rings (SSSR count). The first kappa shape index (κ1) is 36.6. The van der Waals surface area contributed by atoms with Gasteiger partial charge in [-0.1, -0.05) is 173 Å². The Bertz CT molecular complexity index is 2360. The van der Waals surface area contributed by atoms with Gasteiger partial charge in [0.2, 0.25) is 0 Å². The molecule has 0 spiro atoms. The van der Waals surface area contributed by atoms with Crippen LogP contribution in [0.2, 0.25) is 0 Å². The molecule has 0 N–H and O–H groups in total. The molecule has 2 heteroatoms. The monoisotopic (exact) mass is 717 g/mol. The average molecular weight is 718 g/mol. The average Bonchev–Trinajstić information content (AvgIpc) is 3.21. The highest BCUT2D eigenvalue weighted by atomic mass is 31.1. The van der Waals surface area contributed by atoms with E-state index in [1.54, 1.807) is 0 Å². The smallest absolute Gasteiger partial charge is 0.0490 e. The largest absolute Gasteiger partial charge is 0.310 e. The molecule has 7 aromatic rings. The quantitative estimate of drug-likeness (QED) is 0.0848. The highest BCUT2D eigenvalue weighted by molar-refractivity contribution is 7.47. The van der Waals surface area contributed by atoms with Crippen molar-refractivity contribution in [1.82, 2.24) is 0 Å². The van der Waals surface area contributed by atoms with Gasteiger partial charge in [0.25, 0.3) is 0 Å². The SMILES string of the molecule is C=C(c1cc(/C(C)=C/c2ccccc2Cc2ccccc2)cc(C(Cc2ccccc2)Pc2ccccc2C)c1)N(c1ccccc1)c1ccccc1C. The summed E-state index contributed by atoms with van der Waals surface area (Å²) in [6.45, 7) is 11.5. The summed E-state index contributed by atoms with van der Waals surface area (Å²) in [5.74, 6) is 0. The first-order chi connectivity index (χ1) is 26.4. The molecule has 0 heterocycles. The maximum atomic E-state index is 4.86. The second kappa shape index (κ2) is 17.4. The number of para-hydroxylation sites is 2. The molecule has 0 aromatic heterocycles. The van der Waals surface area contributed by atoms with Crippen molar-refractivity contribution < 1.29 is 0 Å². The number of hydrogen-bond donors (Lipinski definition) is 0. The second-order valence-corrected chi connectivity index (χ2v) is 15.7. The van der Waals surface area contributed by atoms with Gasteiger partial charge in [0.15, 0.2) is 0 Å². The van der Waals surface area contributed by atoms with Crippen LogP contribution in [0.4, 0.5) is 11.4 Å². The minimum Gasteiger partial charge on any atom is -0.310 e. The number of rotatable bonds is 13. The topological polar surface area (TPSA) is 3.24 Å².